The molecule has 1 atom stereocenters. The number of carbonyl (C=O) groups excluding carboxylic acids is 1. The number of hydrogen-bond donors (Lipinski definition) is 6. The molecule has 0 radical (unpaired) electrons. The van der Waals surface area contributed by atoms with Gasteiger partial charge in [-0.25, -0.2) is 5.43 Å². The molecule has 1 amide bonds. The maximum absolute atomic E-state index is 12.0. The van der Waals surface area contributed by atoms with E-state index in [-0.39, 0.29) is 11.9 Å². The predicted molar refractivity (Wildman–Crippen MR) is 94.7 cm³/mol. The molecule has 9 heteroatoms. The van der Waals surface area contributed by atoms with Crippen LogP contribution in [0.25, 0.3) is 0 Å². The Morgan fingerprint density at radius 3 is 2.43 bits per heavy atom. The third-order valence-corrected chi connectivity index (χ3v) is 3.56. The van der Waals surface area contributed by atoms with Crippen LogP contribution in [0.3, 0.4) is 0 Å². The number of carbonyl (C=O) groups is 1. The van der Waals surface area contributed by atoms with Crippen molar-refractivity contribution in [1.82, 2.24) is 21.0 Å². The number of nitrogens with zero attached hydrogens (tertiary/aromatic N) is 2. The second kappa shape index (κ2) is 14.2. The summed E-state index contributed by atoms with van der Waals surface area (Å²) in [7, 11) is 0. The van der Waals surface area contributed by atoms with Crippen molar-refractivity contribution in [2.75, 3.05) is 45.8 Å². The maximum atomic E-state index is 12.0. The van der Waals surface area contributed by atoms with E-state index >= 15 is 0 Å². The summed E-state index contributed by atoms with van der Waals surface area (Å²) in [5, 5.41) is 6.16. The number of aliphatic imine (C=N–C) groups is 1. The molecule has 0 aliphatic heterocycles. The summed E-state index contributed by atoms with van der Waals surface area (Å²) in [4.78, 5) is 18.2. The minimum atomic E-state index is -0.431. The highest BCUT2D eigenvalue weighted by Crippen LogP contribution is 1.97. The molecule has 0 aromatic heterocycles. The van der Waals surface area contributed by atoms with Crippen LogP contribution in [0.5, 0.6) is 0 Å². The predicted octanol–water partition coefficient (Wildman–Crippen LogP) is -2.08. The monoisotopic (exact) mass is 330 g/mol. The van der Waals surface area contributed by atoms with E-state index in [0.29, 0.717) is 25.9 Å². The standard InChI is InChI=1S/C14H34N8O/c1-3-22(4-2)11-10-18-8-9-19-13(23)12(21-17)6-5-7-20-14(15)16/h12,18,21H,3-11,17H2,1-2H3,(H,19,23)(H4,15,16,20). The van der Waals surface area contributed by atoms with Gasteiger partial charge < -0.3 is 27.0 Å². The van der Waals surface area contributed by atoms with Crippen LogP contribution in [-0.2, 0) is 4.79 Å². The van der Waals surface area contributed by atoms with Crippen molar-refractivity contribution in [3.05, 3.63) is 0 Å². The van der Waals surface area contributed by atoms with E-state index in [4.69, 9.17) is 17.3 Å². The van der Waals surface area contributed by atoms with Gasteiger partial charge in [0.1, 0.15) is 0 Å². The van der Waals surface area contributed by atoms with Crippen LogP contribution in [-0.4, -0.2) is 68.6 Å². The lowest BCUT2D eigenvalue weighted by Gasteiger charge is -2.18. The van der Waals surface area contributed by atoms with Gasteiger partial charge in [-0.3, -0.25) is 15.6 Å². The first-order valence-electron chi connectivity index (χ1n) is 8.27. The average molecular weight is 330 g/mol. The van der Waals surface area contributed by atoms with Gasteiger partial charge in [0.25, 0.3) is 0 Å². The van der Waals surface area contributed by atoms with Gasteiger partial charge in [0, 0.05) is 32.7 Å². The number of hydrogen-bond acceptors (Lipinski definition) is 6. The Morgan fingerprint density at radius 2 is 1.87 bits per heavy atom. The minimum absolute atomic E-state index is 0.0579. The fraction of sp³-hybridized carbons (Fsp3) is 0.857. The van der Waals surface area contributed by atoms with Gasteiger partial charge in [-0.1, -0.05) is 13.8 Å². The van der Waals surface area contributed by atoms with Crippen LogP contribution in [0.2, 0.25) is 0 Å². The summed E-state index contributed by atoms with van der Waals surface area (Å²) < 4.78 is 0. The first-order valence-corrected chi connectivity index (χ1v) is 8.27. The van der Waals surface area contributed by atoms with Gasteiger partial charge in [0.05, 0.1) is 6.04 Å². The average Bonchev–Trinajstić information content (AvgIpc) is 2.54. The van der Waals surface area contributed by atoms with Gasteiger partial charge in [-0.15, -0.1) is 0 Å². The summed E-state index contributed by atoms with van der Waals surface area (Å²) in [6.45, 7) is 10.1. The quantitative estimate of drug-likeness (QED) is 0.0704. The molecule has 0 aliphatic rings. The zero-order valence-corrected chi connectivity index (χ0v) is 14.5. The maximum Gasteiger partial charge on any atom is 0.238 e. The third-order valence-electron chi connectivity index (χ3n) is 3.56. The summed E-state index contributed by atoms with van der Waals surface area (Å²) in [5.74, 6) is 5.36. The van der Waals surface area contributed by atoms with Gasteiger partial charge in [-0.05, 0) is 25.9 Å². The molecule has 9 nitrogen and oxygen atoms in total. The molecule has 0 saturated heterocycles. The number of nitrogens with two attached hydrogens (primary N) is 3. The molecule has 0 aliphatic carbocycles. The van der Waals surface area contributed by atoms with Crippen molar-refractivity contribution in [3.8, 4) is 0 Å². The van der Waals surface area contributed by atoms with Crippen molar-refractivity contribution in [1.29, 1.82) is 0 Å². The highest BCUT2D eigenvalue weighted by molar-refractivity contribution is 5.81. The second-order valence-electron chi connectivity index (χ2n) is 5.24. The molecule has 0 bridgehead atoms. The van der Waals surface area contributed by atoms with Crippen LogP contribution in [0, 0.1) is 0 Å². The number of rotatable bonds is 14. The molecule has 1 unspecified atom stereocenters. The number of guanidine groups is 1. The molecule has 0 aromatic carbocycles. The van der Waals surface area contributed by atoms with Crippen LogP contribution in [0.15, 0.2) is 4.99 Å². The molecule has 0 spiro atoms. The van der Waals surface area contributed by atoms with E-state index in [9.17, 15) is 4.79 Å². The topological polar surface area (TPSA) is 147 Å². The highest BCUT2D eigenvalue weighted by atomic mass is 16.2. The molecule has 23 heavy (non-hydrogen) atoms. The van der Waals surface area contributed by atoms with Crippen molar-refractivity contribution in [2.45, 2.75) is 32.7 Å². The van der Waals surface area contributed by atoms with Crippen molar-refractivity contribution >= 4 is 11.9 Å². The minimum Gasteiger partial charge on any atom is -0.370 e. The number of amides is 1. The lowest BCUT2D eigenvalue weighted by Crippen LogP contribution is -2.48. The molecule has 0 aromatic rings. The Morgan fingerprint density at radius 1 is 1.17 bits per heavy atom. The summed E-state index contributed by atoms with van der Waals surface area (Å²) >= 11 is 0. The van der Waals surface area contributed by atoms with Gasteiger partial charge in [-0.2, -0.15) is 0 Å². The molecule has 0 fully saturated rings. The largest absolute Gasteiger partial charge is 0.370 e. The lowest BCUT2D eigenvalue weighted by molar-refractivity contribution is -0.123. The van der Waals surface area contributed by atoms with Crippen LogP contribution < -0.4 is 33.4 Å². The number of hydrazine groups is 1. The second-order valence-corrected chi connectivity index (χ2v) is 5.24. The summed E-state index contributed by atoms with van der Waals surface area (Å²) in [6.07, 6.45) is 1.26. The first-order chi connectivity index (χ1) is 11.0. The first kappa shape index (κ1) is 21.6. The normalized spacial score (nSPS) is 12.2. The Balaban J connectivity index is 3.74. The Labute approximate surface area is 139 Å². The smallest absolute Gasteiger partial charge is 0.238 e. The molecule has 0 rings (SSSR count). The van der Waals surface area contributed by atoms with Gasteiger partial charge in [0.2, 0.25) is 5.91 Å². The third kappa shape index (κ3) is 11.8. The number of likely N-dealkylation sites (N-methyl/N-ethyl adjacent to an activating group) is 1. The van der Waals surface area contributed by atoms with Crippen molar-refractivity contribution in [2.24, 2.45) is 22.3 Å². The fourth-order valence-electron chi connectivity index (χ4n) is 2.09. The molecule has 136 valence electrons. The number of nitrogens with one attached hydrogen (secondary N) is 3. The highest BCUT2D eigenvalue weighted by Gasteiger charge is 2.15. The Hall–Kier alpha value is -1.42. The molecule has 0 heterocycles. The van der Waals surface area contributed by atoms with Crippen LogP contribution in [0.4, 0.5) is 0 Å². The summed E-state index contributed by atoms with van der Waals surface area (Å²) in [5.41, 5.74) is 13.0. The van der Waals surface area contributed by atoms with E-state index in [2.05, 4.69) is 39.8 Å². The van der Waals surface area contributed by atoms with Crippen LogP contribution in [0.1, 0.15) is 26.7 Å². The van der Waals surface area contributed by atoms with Crippen LogP contribution >= 0.6 is 0 Å². The van der Waals surface area contributed by atoms with E-state index in [1.54, 1.807) is 0 Å². The van der Waals surface area contributed by atoms with E-state index in [1.165, 1.54) is 0 Å². The molecular weight excluding hydrogens is 296 g/mol. The Kier molecular flexibility index (Phi) is 13.3. The molecular formula is C14H34N8O. The Bertz CT molecular complexity index is 329. The molecule has 0 saturated carbocycles. The lowest BCUT2D eigenvalue weighted by atomic mass is 10.1. The fourth-order valence-corrected chi connectivity index (χ4v) is 2.09. The van der Waals surface area contributed by atoms with E-state index in [0.717, 1.165) is 32.7 Å². The summed E-state index contributed by atoms with van der Waals surface area (Å²) in [6, 6.07) is -0.431. The zero-order chi connectivity index (χ0) is 17.5. The zero-order valence-electron chi connectivity index (χ0n) is 14.5. The van der Waals surface area contributed by atoms with E-state index in [1.807, 2.05) is 0 Å². The van der Waals surface area contributed by atoms with E-state index < -0.39 is 6.04 Å². The van der Waals surface area contributed by atoms with Crippen molar-refractivity contribution < 1.29 is 4.79 Å². The molecule has 9 N–H and O–H groups in total. The SMILES string of the molecule is CCN(CC)CCNCCNC(=O)C(CCCN=C(N)N)NN. The van der Waals surface area contributed by atoms with Gasteiger partial charge >= 0.3 is 0 Å². The van der Waals surface area contributed by atoms with Crippen molar-refractivity contribution in [3.63, 3.8) is 0 Å². The van der Waals surface area contributed by atoms with Gasteiger partial charge in [0.15, 0.2) is 5.96 Å².